The van der Waals surface area contributed by atoms with Gasteiger partial charge in [-0.25, -0.2) is 0 Å². The van der Waals surface area contributed by atoms with Crippen LogP contribution < -0.4 is 0 Å². The molecule has 0 amide bonds. The molecule has 0 aliphatic carbocycles. The molecule has 0 radical (unpaired) electrons. The molecular weight excluding hydrogens is 176 g/mol. The van der Waals surface area contributed by atoms with Crippen LogP contribution >= 0.6 is 23.8 Å². The van der Waals surface area contributed by atoms with Crippen molar-refractivity contribution in [1.29, 1.82) is 0 Å². The van der Waals surface area contributed by atoms with Gasteiger partial charge in [0.2, 0.25) is 0 Å². The number of rotatable bonds is 2. The Labute approximate surface area is 77.2 Å². The molecular formula is C9H9ClS. The standard InChI is InChI=1S/C9H9ClS/c1-2-7-5-9(10)4-3-8(7)6-11/h3-6H,2H2,1H3. The second kappa shape index (κ2) is 3.84. The van der Waals surface area contributed by atoms with E-state index in [-0.39, 0.29) is 0 Å². The molecule has 1 aromatic rings. The van der Waals surface area contributed by atoms with Gasteiger partial charge in [0.15, 0.2) is 0 Å². The van der Waals surface area contributed by atoms with Crippen LogP contribution in [-0.4, -0.2) is 5.37 Å². The Morgan fingerprint density at radius 1 is 1.55 bits per heavy atom. The lowest BCUT2D eigenvalue weighted by Crippen LogP contribution is -1.88. The van der Waals surface area contributed by atoms with E-state index in [0.29, 0.717) is 0 Å². The van der Waals surface area contributed by atoms with Gasteiger partial charge in [-0.1, -0.05) is 36.8 Å². The van der Waals surface area contributed by atoms with E-state index in [1.807, 2.05) is 18.2 Å². The molecule has 0 bridgehead atoms. The number of hydrogen-bond donors (Lipinski definition) is 0. The molecule has 0 aliphatic heterocycles. The first-order valence-corrected chi connectivity index (χ1v) is 4.36. The quantitative estimate of drug-likeness (QED) is 0.636. The molecule has 11 heavy (non-hydrogen) atoms. The number of halogens is 1. The summed E-state index contributed by atoms with van der Waals surface area (Å²) in [5.74, 6) is 0. The van der Waals surface area contributed by atoms with Crippen molar-refractivity contribution in [2.45, 2.75) is 13.3 Å². The minimum Gasteiger partial charge on any atom is -0.0881 e. The summed E-state index contributed by atoms with van der Waals surface area (Å²) in [6, 6.07) is 5.77. The van der Waals surface area contributed by atoms with Crippen LogP contribution in [0.5, 0.6) is 0 Å². The summed E-state index contributed by atoms with van der Waals surface area (Å²) in [5, 5.41) is 2.47. The van der Waals surface area contributed by atoms with Gasteiger partial charge in [-0.2, -0.15) is 0 Å². The summed E-state index contributed by atoms with van der Waals surface area (Å²) in [6.45, 7) is 2.09. The zero-order valence-corrected chi connectivity index (χ0v) is 7.88. The van der Waals surface area contributed by atoms with Crippen LogP contribution in [0.3, 0.4) is 0 Å². The average Bonchev–Trinajstić information content (AvgIpc) is 2.04. The number of hydrogen-bond acceptors (Lipinski definition) is 1. The summed E-state index contributed by atoms with van der Waals surface area (Å²) in [7, 11) is 0. The molecule has 1 aromatic carbocycles. The number of thiocarbonyl (C=S) groups is 1. The molecule has 0 aliphatic rings. The van der Waals surface area contributed by atoms with E-state index in [9.17, 15) is 0 Å². The third-order valence-electron chi connectivity index (χ3n) is 1.61. The van der Waals surface area contributed by atoms with Gasteiger partial charge < -0.3 is 0 Å². The maximum absolute atomic E-state index is 5.80. The van der Waals surface area contributed by atoms with Crippen molar-refractivity contribution in [3.63, 3.8) is 0 Å². The Morgan fingerprint density at radius 3 is 2.82 bits per heavy atom. The zero-order chi connectivity index (χ0) is 8.27. The van der Waals surface area contributed by atoms with Crippen LogP contribution in [0.2, 0.25) is 5.02 Å². The first kappa shape index (κ1) is 8.69. The predicted octanol–water partition coefficient (Wildman–Crippen LogP) is 3.25. The summed E-state index contributed by atoms with van der Waals surface area (Å²) in [5.41, 5.74) is 2.32. The number of benzene rings is 1. The first-order chi connectivity index (χ1) is 5.27. The van der Waals surface area contributed by atoms with Crippen molar-refractivity contribution >= 4 is 29.2 Å². The minimum atomic E-state index is 0.780. The van der Waals surface area contributed by atoms with Gasteiger partial charge in [0.05, 0.1) is 0 Å². The fourth-order valence-corrected chi connectivity index (χ4v) is 1.42. The molecule has 0 saturated heterocycles. The maximum atomic E-state index is 5.80. The van der Waals surface area contributed by atoms with Crippen LogP contribution in [0.15, 0.2) is 18.2 Å². The Bertz CT molecular complexity index is 268. The molecule has 58 valence electrons. The lowest BCUT2D eigenvalue weighted by molar-refractivity contribution is 1.14. The zero-order valence-electron chi connectivity index (χ0n) is 6.30. The van der Waals surface area contributed by atoms with E-state index >= 15 is 0 Å². The molecule has 0 spiro atoms. The molecule has 0 N–H and O–H groups in total. The molecule has 1 rings (SSSR count). The third-order valence-corrected chi connectivity index (χ3v) is 2.10. The summed E-state index contributed by atoms with van der Waals surface area (Å²) < 4.78 is 0. The van der Waals surface area contributed by atoms with E-state index in [1.165, 1.54) is 5.56 Å². The smallest absolute Gasteiger partial charge is 0.0409 e. The summed E-state index contributed by atoms with van der Waals surface area (Å²) in [4.78, 5) is 0. The second-order valence-electron chi connectivity index (χ2n) is 2.31. The van der Waals surface area contributed by atoms with Crippen LogP contribution in [0, 0.1) is 0 Å². The van der Waals surface area contributed by atoms with Gasteiger partial charge in [0.25, 0.3) is 0 Å². The van der Waals surface area contributed by atoms with Gasteiger partial charge in [0.1, 0.15) is 0 Å². The Hall–Kier alpha value is -0.400. The molecule has 0 fully saturated rings. The van der Waals surface area contributed by atoms with Crippen molar-refractivity contribution in [1.82, 2.24) is 0 Å². The fraction of sp³-hybridized carbons (Fsp3) is 0.222. The summed E-state index contributed by atoms with van der Waals surface area (Å²) in [6.07, 6.45) is 0.975. The van der Waals surface area contributed by atoms with Crippen molar-refractivity contribution in [3.8, 4) is 0 Å². The van der Waals surface area contributed by atoms with E-state index in [0.717, 1.165) is 17.0 Å². The van der Waals surface area contributed by atoms with Crippen molar-refractivity contribution in [3.05, 3.63) is 34.3 Å². The average molecular weight is 185 g/mol. The van der Waals surface area contributed by atoms with Crippen LogP contribution in [0.1, 0.15) is 18.1 Å². The normalized spacial score (nSPS) is 9.64. The molecule has 0 unspecified atom stereocenters. The van der Waals surface area contributed by atoms with Gasteiger partial charge in [0, 0.05) is 10.4 Å². The van der Waals surface area contributed by atoms with Crippen molar-refractivity contribution in [2.24, 2.45) is 0 Å². The van der Waals surface area contributed by atoms with Crippen molar-refractivity contribution in [2.75, 3.05) is 0 Å². The summed E-state index contributed by atoms with van der Waals surface area (Å²) >= 11 is 10.7. The molecule has 2 heteroatoms. The van der Waals surface area contributed by atoms with Gasteiger partial charge in [-0.05, 0) is 29.7 Å². The van der Waals surface area contributed by atoms with Crippen molar-refractivity contribution < 1.29 is 0 Å². The fourth-order valence-electron chi connectivity index (χ4n) is 0.995. The molecule has 0 saturated carbocycles. The van der Waals surface area contributed by atoms with E-state index < -0.39 is 0 Å². The van der Waals surface area contributed by atoms with E-state index in [4.69, 9.17) is 23.8 Å². The Kier molecular flexibility index (Phi) is 3.03. The Morgan fingerprint density at radius 2 is 2.27 bits per heavy atom. The highest BCUT2D eigenvalue weighted by Crippen LogP contribution is 2.15. The second-order valence-corrected chi connectivity index (χ2v) is 2.99. The SMILES string of the molecule is CCc1cc(Cl)ccc1C=S. The molecule has 0 nitrogen and oxygen atoms in total. The molecule has 0 aromatic heterocycles. The van der Waals surface area contributed by atoms with Crippen LogP contribution in [-0.2, 0) is 6.42 Å². The monoisotopic (exact) mass is 184 g/mol. The van der Waals surface area contributed by atoms with Crippen LogP contribution in [0.4, 0.5) is 0 Å². The van der Waals surface area contributed by atoms with Gasteiger partial charge >= 0.3 is 0 Å². The Balaban J connectivity index is 3.16. The lowest BCUT2D eigenvalue weighted by atomic mass is 10.1. The highest BCUT2D eigenvalue weighted by atomic mass is 35.5. The highest BCUT2D eigenvalue weighted by molar-refractivity contribution is 7.79. The highest BCUT2D eigenvalue weighted by Gasteiger charge is 1.97. The third kappa shape index (κ3) is 2.01. The molecule has 0 heterocycles. The van der Waals surface area contributed by atoms with E-state index in [2.05, 4.69) is 6.92 Å². The van der Waals surface area contributed by atoms with Crippen LogP contribution in [0.25, 0.3) is 0 Å². The minimum absolute atomic E-state index is 0.780. The first-order valence-electron chi connectivity index (χ1n) is 3.51. The largest absolute Gasteiger partial charge is 0.0881 e. The van der Waals surface area contributed by atoms with Gasteiger partial charge in [-0.15, -0.1) is 0 Å². The molecule has 0 atom stereocenters. The maximum Gasteiger partial charge on any atom is 0.0409 e. The topological polar surface area (TPSA) is 0 Å². The lowest BCUT2D eigenvalue weighted by Gasteiger charge is -2.01. The van der Waals surface area contributed by atoms with Gasteiger partial charge in [-0.3, -0.25) is 0 Å². The predicted molar refractivity (Wildman–Crippen MR) is 53.6 cm³/mol. The van der Waals surface area contributed by atoms with E-state index in [1.54, 1.807) is 5.37 Å². The number of aryl methyl sites for hydroxylation is 1.